The molecule has 5 heteroatoms. The highest BCUT2D eigenvalue weighted by Crippen LogP contribution is 2.35. The summed E-state index contributed by atoms with van der Waals surface area (Å²) in [6.45, 7) is 17.5. The summed E-state index contributed by atoms with van der Waals surface area (Å²) in [6.07, 6.45) is 3.18. The monoisotopic (exact) mass is 432 g/mol. The van der Waals surface area contributed by atoms with E-state index in [1.807, 2.05) is 0 Å². The van der Waals surface area contributed by atoms with Gasteiger partial charge in [0, 0.05) is 24.2 Å². The summed E-state index contributed by atoms with van der Waals surface area (Å²) in [4.78, 5) is 5.09. The molecule has 0 saturated carbocycles. The summed E-state index contributed by atoms with van der Waals surface area (Å²) < 4.78 is 10.3. The van der Waals surface area contributed by atoms with Crippen LogP contribution in [-0.2, 0) is 17.7 Å². The number of aromatic nitrogens is 4. The normalized spacial score (nSPS) is 11.8. The minimum atomic E-state index is 0.709. The first-order valence-electron chi connectivity index (χ1n) is 11.9. The van der Waals surface area contributed by atoms with Gasteiger partial charge in [-0.2, -0.15) is 9.61 Å². The summed E-state index contributed by atoms with van der Waals surface area (Å²) in [7, 11) is 0. The Morgan fingerprint density at radius 3 is 2.22 bits per heavy atom. The van der Waals surface area contributed by atoms with Gasteiger partial charge < -0.3 is 9.30 Å². The molecule has 4 aromatic rings. The van der Waals surface area contributed by atoms with E-state index in [0.29, 0.717) is 6.61 Å². The highest BCUT2D eigenvalue weighted by Gasteiger charge is 2.22. The molecule has 0 fully saturated rings. The predicted molar refractivity (Wildman–Crippen MR) is 133 cm³/mol. The average molecular weight is 433 g/mol. The van der Waals surface area contributed by atoms with Crippen molar-refractivity contribution in [1.82, 2.24) is 19.2 Å². The van der Waals surface area contributed by atoms with Gasteiger partial charge in [-0.25, -0.2) is 4.98 Å². The van der Waals surface area contributed by atoms with Crippen molar-refractivity contribution in [2.45, 2.75) is 74.3 Å². The van der Waals surface area contributed by atoms with Gasteiger partial charge in [0.25, 0.3) is 0 Å². The van der Waals surface area contributed by atoms with Crippen molar-refractivity contribution >= 4 is 16.7 Å². The van der Waals surface area contributed by atoms with Gasteiger partial charge in [0.05, 0.1) is 23.6 Å². The van der Waals surface area contributed by atoms with E-state index < -0.39 is 0 Å². The molecule has 1 aromatic carbocycles. The summed E-state index contributed by atoms with van der Waals surface area (Å²) in [5.74, 6) is 0. The number of ether oxygens (including phenoxy) is 1. The van der Waals surface area contributed by atoms with E-state index in [4.69, 9.17) is 14.8 Å². The van der Waals surface area contributed by atoms with Crippen molar-refractivity contribution in [3.8, 4) is 11.1 Å². The molecule has 4 rings (SSSR count). The fraction of sp³-hybridized carbons (Fsp3) is 0.481. The summed E-state index contributed by atoms with van der Waals surface area (Å²) in [5.41, 5.74) is 11.7. The maximum Gasteiger partial charge on any atom is 0.165 e. The van der Waals surface area contributed by atoms with E-state index in [0.717, 1.165) is 60.7 Å². The molecule has 5 nitrogen and oxygen atoms in total. The Balaban J connectivity index is 1.99. The first-order valence-corrected chi connectivity index (χ1v) is 11.9. The lowest BCUT2D eigenvalue weighted by Crippen LogP contribution is -2.12. The molecule has 0 N–H and O–H groups in total. The van der Waals surface area contributed by atoms with Crippen molar-refractivity contribution in [2.75, 3.05) is 13.2 Å². The second-order valence-corrected chi connectivity index (χ2v) is 9.05. The second-order valence-electron chi connectivity index (χ2n) is 9.05. The lowest BCUT2D eigenvalue weighted by atomic mass is 9.94. The molecule has 3 aromatic heterocycles. The Bertz CT molecular complexity index is 1260. The van der Waals surface area contributed by atoms with Crippen LogP contribution in [0.5, 0.6) is 0 Å². The summed E-state index contributed by atoms with van der Waals surface area (Å²) in [5, 5.41) is 6.22. The number of hydrogen-bond acceptors (Lipinski definition) is 3. The molecule has 0 aliphatic rings. The van der Waals surface area contributed by atoms with Crippen molar-refractivity contribution in [2.24, 2.45) is 0 Å². The fourth-order valence-corrected chi connectivity index (χ4v) is 5.05. The van der Waals surface area contributed by atoms with E-state index in [9.17, 15) is 0 Å². The Kier molecular flexibility index (Phi) is 6.38. The summed E-state index contributed by atoms with van der Waals surface area (Å²) >= 11 is 0. The van der Waals surface area contributed by atoms with Gasteiger partial charge in [-0.3, -0.25) is 0 Å². The van der Waals surface area contributed by atoms with Gasteiger partial charge in [0.15, 0.2) is 5.65 Å². The molecule has 0 spiro atoms. The molecule has 0 unspecified atom stereocenters. The molecule has 0 saturated heterocycles. The number of benzene rings is 1. The van der Waals surface area contributed by atoms with Crippen LogP contribution in [0.15, 0.2) is 18.2 Å². The number of fused-ring (bicyclic) bond motifs is 3. The van der Waals surface area contributed by atoms with Crippen LogP contribution >= 0.6 is 0 Å². The van der Waals surface area contributed by atoms with Crippen LogP contribution in [-0.4, -0.2) is 32.4 Å². The van der Waals surface area contributed by atoms with Gasteiger partial charge in [-0.05, 0) is 70.2 Å². The van der Waals surface area contributed by atoms with Crippen LogP contribution in [0.25, 0.3) is 27.8 Å². The van der Waals surface area contributed by atoms with Crippen LogP contribution in [0.1, 0.15) is 60.5 Å². The zero-order valence-corrected chi connectivity index (χ0v) is 20.7. The van der Waals surface area contributed by atoms with E-state index in [1.165, 1.54) is 33.3 Å². The summed E-state index contributed by atoms with van der Waals surface area (Å²) in [6, 6.07) is 6.81. The van der Waals surface area contributed by atoms with E-state index in [2.05, 4.69) is 75.7 Å². The standard InChI is InChI=1S/C27H36N4O/c1-8-10-22-16-23-20(6)28-26-25(24-18(4)14-17(3)15-19(24)5)21(7)29-31(26)27(23)30(22)11-13-32-12-9-2/h14-16H,8-13H2,1-7H3. The zero-order chi connectivity index (χ0) is 23.0. The highest BCUT2D eigenvalue weighted by molar-refractivity contribution is 5.90. The minimum Gasteiger partial charge on any atom is -0.380 e. The third kappa shape index (κ3) is 3.83. The Morgan fingerprint density at radius 2 is 1.56 bits per heavy atom. The third-order valence-electron chi connectivity index (χ3n) is 6.30. The molecule has 0 bridgehead atoms. The van der Waals surface area contributed by atoms with Crippen molar-refractivity contribution in [3.63, 3.8) is 0 Å². The largest absolute Gasteiger partial charge is 0.380 e. The predicted octanol–water partition coefficient (Wildman–Crippen LogP) is 6.27. The maximum atomic E-state index is 5.86. The molecule has 170 valence electrons. The van der Waals surface area contributed by atoms with Gasteiger partial charge >= 0.3 is 0 Å². The topological polar surface area (TPSA) is 44.3 Å². The molecule has 0 aliphatic carbocycles. The Labute approximate surface area is 191 Å². The van der Waals surface area contributed by atoms with Crippen molar-refractivity contribution in [1.29, 1.82) is 0 Å². The average Bonchev–Trinajstić information content (AvgIpc) is 3.24. The van der Waals surface area contributed by atoms with Gasteiger partial charge in [-0.15, -0.1) is 0 Å². The molecule has 0 amide bonds. The number of nitrogens with zero attached hydrogens (tertiary/aromatic N) is 4. The van der Waals surface area contributed by atoms with E-state index in [1.54, 1.807) is 0 Å². The lowest BCUT2D eigenvalue weighted by Gasteiger charge is -2.13. The lowest BCUT2D eigenvalue weighted by molar-refractivity contribution is 0.127. The van der Waals surface area contributed by atoms with Crippen LogP contribution in [0.4, 0.5) is 0 Å². The second kappa shape index (κ2) is 9.07. The fourth-order valence-electron chi connectivity index (χ4n) is 5.05. The molecule has 0 atom stereocenters. The molecule has 0 radical (unpaired) electrons. The molecular weight excluding hydrogens is 396 g/mol. The molecule has 3 heterocycles. The number of aryl methyl sites for hydroxylation is 6. The number of rotatable bonds is 8. The SMILES string of the molecule is CCCOCCn1c(CCC)cc2c(C)nc3c(-c4c(C)cc(C)cc4C)c(C)nn3c21. The number of hydrogen-bond donors (Lipinski definition) is 0. The Morgan fingerprint density at radius 1 is 0.844 bits per heavy atom. The van der Waals surface area contributed by atoms with Crippen LogP contribution in [0.3, 0.4) is 0 Å². The van der Waals surface area contributed by atoms with E-state index in [-0.39, 0.29) is 0 Å². The van der Waals surface area contributed by atoms with Gasteiger partial charge in [0.1, 0.15) is 5.65 Å². The maximum absolute atomic E-state index is 5.86. The smallest absolute Gasteiger partial charge is 0.165 e. The van der Waals surface area contributed by atoms with Crippen LogP contribution < -0.4 is 0 Å². The molecular formula is C27H36N4O. The van der Waals surface area contributed by atoms with Crippen molar-refractivity contribution < 1.29 is 4.74 Å². The van der Waals surface area contributed by atoms with Crippen LogP contribution in [0, 0.1) is 34.6 Å². The highest BCUT2D eigenvalue weighted by atomic mass is 16.5. The first-order chi connectivity index (χ1) is 15.4. The van der Waals surface area contributed by atoms with E-state index >= 15 is 0 Å². The molecule has 32 heavy (non-hydrogen) atoms. The van der Waals surface area contributed by atoms with Gasteiger partial charge in [0.2, 0.25) is 0 Å². The Hall–Kier alpha value is -2.66. The zero-order valence-electron chi connectivity index (χ0n) is 20.7. The van der Waals surface area contributed by atoms with Gasteiger partial charge in [-0.1, -0.05) is 38.0 Å². The minimum absolute atomic E-state index is 0.709. The molecule has 0 aliphatic heterocycles. The van der Waals surface area contributed by atoms with Crippen LogP contribution in [0.2, 0.25) is 0 Å². The quantitative estimate of drug-likeness (QED) is 0.308. The first kappa shape index (κ1) is 22.5. The van der Waals surface area contributed by atoms with Crippen molar-refractivity contribution in [3.05, 3.63) is 52.0 Å². The third-order valence-corrected chi connectivity index (χ3v) is 6.30.